The van der Waals surface area contributed by atoms with E-state index in [1.54, 1.807) is 23.5 Å². The first-order chi connectivity index (χ1) is 28.7. The Morgan fingerprint density at radius 1 is 0.949 bits per heavy atom. The first-order valence-corrected chi connectivity index (χ1v) is 20.6. The number of thioether (sulfide) groups is 1. The molecule has 3 amide bonds. The molecule has 0 bridgehead atoms. The summed E-state index contributed by atoms with van der Waals surface area (Å²) in [6, 6.07) is 34.8. The molecule has 298 valence electrons. The number of rotatable bonds is 13. The number of anilines is 1. The van der Waals surface area contributed by atoms with Crippen LogP contribution in [-0.4, -0.2) is 80.1 Å². The minimum atomic E-state index is -1.32. The molecular weight excluding hydrogens is 789 g/mol. The zero-order chi connectivity index (χ0) is 41.1. The van der Waals surface area contributed by atoms with E-state index in [1.807, 2.05) is 115 Å². The Kier molecular flexibility index (Phi) is 11.0. The number of benzene rings is 4. The lowest BCUT2D eigenvalue weighted by Crippen LogP contribution is -2.71. The number of nitrogens with one attached hydrogen (secondary N) is 1. The standard InChI is InChI=1S/C44H38N6O7S2/c1-56-34-20-12-11-13-28(34)24-49-22-21-27(39(49)52)23-29-25-58-41-36(40(53)50(41)37(29)42(54)55)47-38(51)35(33-26-59-43(45)46-33)48-57-44(30-14-5-2-6-15-30,31-16-7-3-8-17-31)32-18-9-4-10-19-32/h2-20,23,26,36,41H,21-22,24-25H2,1H3,(H2,45,46)(H,47,51)(H,54,55)/b27-23+,48-35-/t36-,41-/m1/s1. The van der Waals surface area contributed by atoms with Crippen molar-refractivity contribution >= 4 is 57.6 Å². The first kappa shape index (κ1) is 39.1. The summed E-state index contributed by atoms with van der Waals surface area (Å²) >= 11 is 2.40. The zero-order valence-electron chi connectivity index (χ0n) is 31.7. The summed E-state index contributed by atoms with van der Waals surface area (Å²) < 4.78 is 5.45. The number of oxime groups is 1. The van der Waals surface area contributed by atoms with Crippen molar-refractivity contribution in [3.8, 4) is 5.75 Å². The van der Waals surface area contributed by atoms with Gasteiger partial charge in [0.05, 0.1) is 7.11 Å². The number of ether oxygens (including phenoxy) is 1. The predicted octanol–water partition coefficient (Wildman–Crippen LogP) is 5.54. The number of aromatic nitrogens is 1. The van der Waals surface area contributed by atoms with Gasteiger partial charge in [0, 0.05) is 52.0 Å². The van der Waals surface area contributed by atoms with Crippen LogP contribution >= 0.6 is 23.1 Å². The number of β-lactam (4-membered cyclic amide) rings is 1. The third-order valence-electron chi connectivity index (χ3n) is 10.4. The van der Waals surface area contributed by atoms with Crippen molar-refractivity contribution < 1.29 is 33.9 Å². The normalized spacial score (nSPS) is 18.7. The summed E-state index contributed by atoms with van der Waals surface area (Å²) in [5, 5.41) is 18.7. The molecule has 3 aliphatic heterocycles. The average molecular weight is 827 g/mol. The van der Waals surface area contributed by atoms with Crippen molar-refractivity contribution in [1.82, 2.24) is 20.1 Å². The fourth-order valence-corrected chi connectivity index (χ4v) is 9.41. The van der Waals surface area contributed by atoms with Gasteiger partial charge in [-0.15, -0.1) is 23.1 Å². The van der Waals surface area contributed by atoms with E-state index in [-0.39, 0.29) is 33.9 Å². The Hall–Kier alpha value is -6.71. The molecule has 0 spiro atoms. The number of carbonyl (C=O) groups is 4. The molecule has 15 heteroatoms. The molecule has 0 aliphatic carbocycles. The molecule has 8 rings (SSSR count). The number of fused-ring (bicyclic) bond motifs is 1. The summed E-state index contributed by atoms with van der Waals surface area (Å²) in [5.74, 6) is -2.06. The molecule has 4 N–H and O–H groups in total. The highest BCUT2D eigenvalue weighted by atomic mass is 32.2. The van der Waals surface area contributed by atoms with Gasteiger partial charge in [-0.1, -0.05) is 114 Å². The maximum Gasteiger partial charge on any atom is 0.352 e. The van der Waals surface area contributed by atoms with Crippen molar-refractivity contribution in [3.63, 3.8) is 0 Å². The summed E-state index contributed by atoms with van der Waals surface area (Å²) in [5.41, 5.74) is 8.24. The van der Waals surface area contributed by atoms with Gasteiger partial charge in [0.2, 0.25) is 11.5 Å². The molecule has 1 aromatic heterocycles. The highest BCUT2D eigenvalue weighted by Crippen LogP contribution is 2.43. The van der Waals surface area contributed by atoms with Gasteiger partial charge in [0.1, 0.15) is 28.6 Å². The molecule has 5 aromatic rings. The number of thiazole rings is 1. The number of para-hydroxylation sites is 1. The van der Waals surface area contributed by atoms with Crippen LogP contribution in [0.1, 0.15) is 34.4 Å². The number of hydrogen-bond donors (Lipinski definition) is 3. The Bertz CT molecular complexity index is 2410. The number of carboxylic acid groups (broad SMARTS) is 1. The topological polar surface area (TPSA) is 177 Å². The molecule has 2 atom stereocenters. The van der Waals surface area contributed by atoms with Gasteiger partial charge < -0.3 is 30.6 Å². The number of nitrogens with two attached hydrogens (primary N) is 1. The fourth-order valence-electron chi connectivity index (χ4n) is 7.56. The van der Waals surface area contributed by atoms with Crippen LogP contribution in [0.5, 0.6) is 5.75 Å². The van der Waals surface area contributed by atoms with Crippen LogP contribution in [0.4, 0.5) is 5.13 Å². The van der Waals surface area contributed by atoms with Crippen LogP contribution in [-0.2, 0) is 36.2 Å². The van der Waals surface area contributed by atoms with Crippen LogP contribution in [0.2, 0.25) is 0 Å². The smallest absolute Gasteiger partial charge is 0.352 e. The van der Waals surface area contributed by atoms with Crippen molar-refractivity contribution in [2.75, 3.05) is 25.1 Å². The van der Waals surface area contributed by atoms with Gasteiger partial charge in [-0.25, -0.2) is 9.78 Å². The van der Waals surface area contributed by atoms with Gasteiger partial charge in [0.25, 0.3) is 11.8 Å². The van der Waals surface area contributed by atoms with Crippen LogP contribution in [0.3, 0.4) is 0 Å². The Balaban J connectivity index is 1.07. The number of carboxylic acids is 1. The summed E-state index contributed by atoms with van der Waals surface area (Å²) in [6.45, 7) is 0.787. The minimum Gasteiger partial charge on any atom is -0.496 e. The predicted molar refractivity (Wildman–Crippen MR) is 224 cm³/mol. The zero-order valence-corrected chi connectivity index (χ0v) is 33.3. The number of methoxy groups -OCH3 is 1. The Labute approximate surface area is 347 Å². The van der Waals surface area contributed by atoms with Gasteiger partial charge in [-0.3, -0.25) is 19.3 Å². The van der Waals surface area contributed by atoms with Crippen molar-refractivity contribution in [3.05, 3.63) is 172 Å². The molecule has 3 aliphatic rings. The van der Waals surface area contributed by atoms with E-state index in [4.69, 9.17) is 15.3 Å². The number of carbonyl (C=O) groups excluding carboxylic acids is 3. The molecule has 59 heavy (non-hydrogen) atoms. The number of likely N-dealkylation sites (tertiary alicyclic amines) is 1. The summed E-state index contributed by atoms with van der Waals surface area (Å²) in [4.78, 5) is 68.1. The van der Waals surface area contributed by atoms with E-state index in [1.165, 1.54) is 16.7 Å². The maximum atomic E-state index is 14.3. The van der Waals surface area contributed by atoms with Crippen molar-refractivity contribution in [1.29, 1.82) is 0 Å². The molecule has 13 nitrogen and oxygen atoms in total. The van der Waals surface area contributed by atoms with E-state index in [0.29, 0.717) is 36.4 Å². The van der Waals surface area contributed by atoms with Crippen LogP contribution in [0.15, 0.2) is 149 Å². The van der Waals surface area contributed by atoms with Crippen molar-refractivity contribution in [2.24, 2.45) is 5.16 Å². The monoisotopic (exact) mass is 826 g/mol. The van der Waals surface area contributed by atoms with Gasteiger partial charge in [-0.2, -0.15) is 0 Å². The molecule has 2 saturated heterocycles. The molecule has 0 unspecified atom stereocenters. The molecule has 2 fully saturated rings. The molecule has 4 heterocycles. The molecule has 0 radical (unpaired) electrons. The van der Waals surface area contributed by atoms with E-state index in [0.717, 1.165) is 33.6 Å². The second kappa shape index (κ2) is 16.6. The second-order valence-corrected chi connectivity index (χ2v) is 15.9. The lowest BCUT2D eigenvalue weighted by molar-refractivity contribution is -0.150. The van der Waals surface area contributed by atoms with Gasteiger partial charge in [0.15, 0.2) is 10.8 Å². The second-order valence-electron chi connectivity index (χ2n) is 13.9. The number of hydrogen-bond acceptors (Lipinski definition) is 11. The quantitative estimate of drug-likeness (QED) is 0.0449. The minimum absolute atomic E-state index is 0.133. The summed E-state index contributed by atoms with van der Waals surface area (Å²) in [6.07, 6.45) is 2.00. The van der Waals surface area contributed by atoms with E-state index in [9.17, 15) is 24.3 Å². The third kappa shape index (κ3) is 7.45. The number of aliphatic carboxylic acids is 1. The van der Waals surface area contributed by atoms with Gasteiger partial charge >= 0.3 is 5.97 Å². The number of amides is 3. The fraction of sp³-hybridized carbons (Fsp3) is 0.182. The molecule has 4 aromatic carbocycles. The Morgan fingerprint density at radius 3 is 2.14 bits per heavy atom. The lowest BCUT2D eigenvalue weighted by atomic mass is 9.80. The molecular formula is C44H38N6O7S2. The van der Waals surface area contributed by atoms with E-state index >= 15 is 0 Å². The third-order valence-corrected chi connectivity index (χ3v) is 12.4. The number of allylic oxidation sites excluding steroid dienone is 1. The summed E-state index contributed by atoms with van der Waals surface area (Å²) in [7, 11) is 1.57. The van der Waals surface area contributed by atoms with Crippen LogP contribution in [0.25, 0.3) is 0 Å². The van der Waals surface area contributed by atoms with Crippen molar-refractivity contribution in [2.45, 2.75) is 30.0 Å². The largest absolute Gasteiger partial charge is 0.496 e. The number of nitrogen functional groups attached to an aromatic ring is 1. The van der Waals surface area contributed by atoms with E-state index in [2.05, 4.69) is 15.5 Å². The van der Waals surface area contributed by atoms with Crippen LogP contribution < -0.4 is 15.8 Å². The highest BCUT2D eigenvalue weighted by molar-refractivity contribution is 8.00. The average Bonchev–Trinajstić information content (AvgIpc) is 3.85. The lowest BCUT2D eigenvalue weighted by Gasteiger charge is -2.49. The number of nitrogens with zero attached hydrogens (tertiary/aromatic N) is 4. The maximum absolute atomic E-state index is 14.3. The van der Waals surface area contributed by atoms with E-state index < -0.39 is 34.8 Å². The Morgan fingerprint density at radius 2 is 1.56 bits per heavy atom. The molecule has 0 saturated carbocycles. The highest BCUT2D eigenvalue weighted by Gasteiger charge is 2.54. The van der Waals surface area contributed by atoms with Gasteiger partial charge in [-0.05, 0) is 24.1 Å². The SMILES string of the molecule is COc1ccccc1CN1CC/C(=C\C2=C(C(=O)O)N3C(=O)[C@@H](NC(=O)/C(=N\OC(c4ccccc4)(c4ccccc4)c4ccccc4)c4csc(N)n4)[C@H]3SC2)C1=O. The first-order valence-electron chi connectivity index (χ1n) is 18.7. The van der Waals surface area contributed by atoms with Crippen LogP contribution in [0, 0.1) is 0 Å².